The first-order valence-electron chi connectivity index (χ1n) is 8.72. The summed E-state index contributed by atoms with van der Waals surface area (Å²) in [6, 6.07) is 11.0. The Morgan fingerprint density at radius 1 is 1.24 bits per heavy atom. The summed E-state index contributed by atoms with van der Waals surface area (Å²) in [6.45, 7) is 5.66. The Bertz CT molecular complexity index is 795. The average Bonchev–Trinajstić information content (AvgIpc) is 3.34. The van der Waals surface area contributed by atoms with Crippen LogP contribution in [0.3, 0.4) is 0 Å². The highest BCUT2D eigenvalue weighted by molar-refractivity contribution is 5.51. The van der Waals surface area contributed by atoms with Gasteiger partial charge in [0.1, 0.15) is 6.26 Å². The molecule has 1 unspecified atom stereocenters. The van der Waals surface area contributed by atoms with Gasteiger partial charge in [-0.2, -0.15) is 4.98 Å². The Labute approximate surface area is 146 Å². The largest absolute Gasteiger partial charge is 0.472 e. The van der Waals surface area contributed by atoms with E-state index >= 15 is 0 Å². The third kappa shape index (κ3) is 3.50. The van der Waals surface area contributed by atoms with Crippen molar-refractivity contribution in [1.29, 1.82) is 0 Å². The molecule has 1 aliphatic heterocycles. The molecule has 1 N–H and O–H groups in total. The molecule has 0 spiro atoms. The normalized spacial score (nSPS) is 18.5. The number of aryl methyl sites for hydroxylation is 1. The minimum absolute atomic E-state index is 0.309. The molecule has 25 heavy (non-hydrogen) atoms. The van der Waals surface area contributed by atoms with Gasteiger partial charge in [-0.3, -0.25) is 4.90 Å². The average molecular weight is 338 g/mol. The van der Waals surface area contributed by atoms with E-state index in [0.29, 0.717) is 24.3 Å². The van der Waals surface area contributed by atoms with E-state index in [2.05, 4.69) is 51.5 Å². The minimum atomic E-state index is 0.309. The first-order valence-corrected chi connectivity index (χ1v) is 8.72. The van der Waals surface area contributed by atoms with Crippen molar-refractivity contribution in [1.82, 2.24) is 20.4 Å². The van der Waals surface area contributed by atoms with Crippen molar-refractivity contribution in [2.24, 2.45) is 0 Å². The molecule has 1 atom stereocenters. The molecule has 3 aromatic rings. The second kappa shape index (κ2) is 7.21. The van der Waals surface area contributed by atoms with Crippen LogP contribution in [0.15, 0.2) is 51.8 Å². The summed E-state index contributed by atoms with van der Waals surface area (Å²) in [4.78, 5) is 6.90. The fraction of sp³-hybridized carbons (Fsp3) is 0.368. The van der Waals surface area contributed by atoms with E-state index in [1.165, 1.54) is 11.1 Å². The molecule has 4 rings (SSSR count). The van der Waals surface area contributed by atoms with Crippen LogP contribution in [0.4, 0.5) is 0 Å². The van der Waals surface area contributed by atoms with Gasteiger partial charge in [-0.25, -0.2) is 0 Å². The van der Waals surface area contributed by atoms with Crippen LogP contribution >= 0.6 is 0 Å². The molecule has 1 aromatic carbocycles. The summed E-state index contributed by atoms with van der Waals surface area (Å²) in [5, 5.41) is 7.54. The van der Waals surface area contributed by atoms with Gasteiger partial charge in [0.15, 0.2) is 0 Å². The molecule has 6 heteroatoms. The second-order valence-corrected chi connectivity index (χ2v) is 6.31. The van der Waals surface area contributed by atoms with E-state index in [-0.39, 0.29) is 0 Å². The number of rotatable bonds is 5. The maximum atomic E-state index is 5.45. The maximum Gasteiger partial charge on any atom is 0.241 e. The zero-order chi connectivity index (χ0) is 17.1. The van der Waals surface area contributed by atoms with Crippen molar-refractivity contribution in [2.75, 3.05) is 19.6 Å². The van der Waals surface area contributed by atoms with Gasteiger partial charge in [0.2, 0.25) is 11.7 Å². The molecule has 130 valence electrons. The molecule has 1 aliphatic rings. The lowest BCUT2D eigenvalue weighted by Gasteiger charge is -2.35. The number of hydrogen-bond acceptors (Lipinski definition) is 6. The molecular weight excluding hydrogens is 316 g/mol. The Morgan fingerprint density at radius 3 is 2.88 bits per heavy atom. The molecule has 1 fully saturated rings. The third-order valence-electron chi connectivity index (χ3n) is 4.71. The molecular formula is C19H22N4O2. The van der Waals surface area contributed by atoms with E-state index < -0.39 is 0 Å². The summed E-state index contributed by atoms with van der Waals surface area (Å²) in [6.07, 6.45) is 4.29. The molecule has 2 aromatic heterocycles. The van der Waals surface area contributed by atoms with Crippen LogP contribution in [0.5, 0.6) is 0 Å². The Balaban J connectivity index is 1.51. The highest BCUT2D eigenvalue weighted by atomic mass is 16.5. The third-order valence-corrected chi connectivity index (χ3v) is 4.71. The van der Waals surface area contributed by atoms with Gasteiger partial charge in [-0.1, -0.05) is 36.3 Å². The Morgan fingerprint density at radius 2 is 2.12 bits per heavy atom. The summed E-state index contributed by atoms with van der Waals surface area (Å²) >= 11 is 0. The fourth-order valence-corrected chi connectivity index (χ4v) is 3.24. The van der Waals surface area contributed by atoms with Crippen molar-refractivity contribution in [3.63, 3.8) is 0 Å². The molecule has 0 bridgehead atoms. The lowest BCUT2D eigenvalue weighted by molar-refractivity contribution is 0.135. The van der Waals surface area contributed by atoms with Gasteiger partial charge >= 0.3 is 0 Å². The standard InChI is InChI=1S/C19H22N4O2/c1-2-14-3-5-15(6-4-14)17-11-20-8-9-23(17)12-18-21-19(22-25-18)16-7-10-24-13-16/h3-7,10,13,17,20H,2,8-9,11-12H2,1H3. The topological polar surface area (TPSA) is 67.3 Å². The highest BCUT2D eigenvalue weighted by Gasteiger charge is 2.25. The number of furan rings is 1. The van der Waals surface area contributed by atoms with E-state index in [9.17, 15) is 0 Å². The SMILES string of the molecule is CCc1ccc(C2CNCCN2Cc2nc(-c3ccoc3)no2)cc1. The Kier molecular flexibility index (Phi) is 4.63. The summed E-state index contributed by atoms with van der Waals surface area (Å²) in [7, 11) is 0. The van der Waals surface area contributed by atoms with Crippen molar-refractivity contribution in [2.45, 2.75) is 25.9 Å². The molecule has 0 amide bonds. The molecule has 6 nitrogen and oxygen atoms in total. The van der Waals surface area contributed by atoms with Gasteiger partial charge in [0.25, 0.3) is 0 Å². The predicted molar refractivity (Wildman–Crippen MR) is 93.8 cm³/mol. The summed E-state index contributed by atoms with van der Waals surface area (Å²) < 4.78 is 10.5. The van der Waals surface area contributed by atoms with Crippen LogP contribution in [-0.4, -0.2) is 34.7 Å². The van der Waals surface area contributed by atoms with Crippen LogP contribution < -0.4 is 5.32 Å². The number of hydrogen-bond donors (Lipinski definition) is 1. The molecule has 3 heterocycles. The van der Waals surface area contributed by atoms with Gasteiger partial charge in [-0.05, 0) is 23.6 Å². The predicted octanol–water partition coefficient (Wildman–Crippen LogP) is 3.04. The van der Waals surface area contributed by atoms with Crippen LogP contribution in [0.1, 0.15) is 30.0 Å². The minimum Gasteiger partial charge on any atom is -0.472 e. The fourth-order valence-electron chi connectivity index (χ4n) is 3.24. The zero-order valence-corrected chi connectivity index (χ0v) is 14.3. The molecule has 0 aliphatic carbocycles. The van der Waals surface area contributed by atoms with Crippen LogP contribution in [0.25, 0.3) is 11.4 Å². The van der Waals surface area contributed by atoms with Gasteiger partial charge < -0.3 is 14.3 Å². The van der Waals surface area contributed by atoms with Gasteiger partial charge in [0, 0.05) is 25.7 Å². The number of benzene rings is 1. The molecule has 0 saturated carbocycles. The smallest absolute Gasteiger partial charge is 0.241 e. The van der Waals surface area contributed by atoms with E-state index in [1.54, 1.807) is 12.5 Å². The first kappa shape index (κ1) is 16.1. The van der Waals surface area contributed by atoms with Crippen molar-refractivity contribution in [3.8, 4) is 11.4 Å². The van der Waals surface area contributed by atoms with E-state index in [1.807, 2.05) is 6.07 Å². The van der Waals surface area contributed by atoms with Gasteiger partial charge in [-0.15, -0.1) is 0 Å². The summed E-state index contributed by atoms with van der Waals surface area (Å²) in [5.41, 5.74) is 3.52. The second-order valence-electron chi connectivity index (χ2n) is 6.31. The van der Waals surface area contributed by atoms with E-state index in [0.717, 1.165) is 31.6 Å². The van der Waals surface area contributed by atoms with Crippen molar-refractivity contribution < 1.29 is 8.94 Å². The lowest BCUT2D eigenvalue weighted by atomic mass is 10.0. The Hall–Kier alpha value is -2.44. The van der Waals surface area contributed by atoms with Gasteiger partial charge in [0.05, 0.1) is 18.4 Å². The van der Waals surface area contributed by atoms with Crippen molar-refractivity contribution >= 4 is 0 Å². The van der Waals surface area contributed by atoms with E-state index in [4.69, 9.17) is 8.94 Å². The van der Waals surface area contributed by atoms with Crippen molar-refractivity contribution in [3.05, 3.63) is 59.9 Å². The quantitative estimate of drug-likeness (QED) is 0.771. The zero-order valence-electron chi connectivity index (χ0n) is 14.3. The maximum absolute atomic E-state index is 5.45. The number of nitrogens with one attached hydrogen (secondary N) is 1. The monoisotopic (exact) mass is 338 g/mol. The van der Waals surface area contributed by atoms with Crippen LogP contribution in [0.2, 0.25) is 0 Å². The first-order chi connectivity index (χ1) is 12.3. The number of aromatic nitrogens is 2. The van der Waals surface area contributed by atoms with Crippen LogP contribution in [0, 0.1) is 0 Å². The lowest BCUT2D eigenvalue weighted by Crippen LogP contribution is -2.45. The molecule has 0 radical (unpaired) electrons. The van der Waals surface area contributed by atoms with Crippen LogP contribution in [-0.2, 0) is 13.0 Å². The number of nitrogens with zero attached hydrogens (tertiary/aromatic N) is 3. The summed E-state index contributed by atoms with van der Waals surface area (Å²) in [5.74, 6) is 1.20. The molecule has 1 saturated heterocycles. The highest BCUT2D eigenvalue weighted by Crippen LogP contribution is 2.25. The number of piperazine rings is 1.